The molecular weight excluding hydrogens is 268 g/mol. The SMILES string of the molecule is CCNc1cc(C(=O)Nc2nc(C)co2)cc(C(C)C)n1. The summed E-state index contributed by atoms with van der Waals surface area (Å²) in [5.74, 6) is 0.664. The van der Waals surface area contributed by atoms with Gasteiger partial charge in [0.25, 0.3) is 5.91 Å². The second-order valence-electron chi connectivity index (χ2n) is 5.10. The predicted molar refractivity (Wildman–Crippen MR) is 81.7 cm³/mol. The van der Waals surface area contributed by atoms with Crippen LogP contribution >= 0.6 is 0 Å². The maximum absolute atomic E-state index is 12.3. The molecule has 0 aliphatic rings. The molecule has 0 spiro atoms. The number of aromatic nitrogens is 2. The molecule has 0 saturated carbocycles. The number of nitrogens with one attached hydrogen (secondary N) is 2. The van der Waals surface area contributed by atoms with Crippen molar-refractivity contribution in [1.82, 2.24) is 9.97 Å². The first-order chi connectivity index (χ1) is 9.99. The van der Waals surface area contributed by atoms with Gasteiger partial charge in [0.15, 0.2) is 0 Å². The lowest BCUT2D eigenvalue weighted by Crippen LogP contribution is -2.14. The maximum Gasteiger partial charge on any atom is 0.301 e. The Bertz CT molecular complexity index is 634. The van der Waals surface area contributed by atoms with Gasteiger partial charge in [-0.3, -0.25) is 10.1 Å². The van der Waals surface area contributed by atoms with E-state index in [4.69, 9.17) is 4.42 Å². The lowest BCUT2D eigenvalue weighted by atomic mass is 10.1. The molecule has 2 rings (SSSR count). The monoisotopic (exact) mass is 288 g/mol. The van der Waals surface area contributed by atoms with Crippen LogP contribution in [0.15, 0.2) is 22.8 Å². The summed E-state index contributed by atoms with van der Waals surface area (Å²) < 4.78 is 5.14. The van der Waals surface area contributed by atoms with E-state index >= 15 is 0 Å². The summed E-state index contributed by atoms with van der Waals surface area (Å²) in [4.78, 5) is 20.8. The normalized spacial score (nSPS) is 10.7. The number of amides is 1. The van der Waals surface area contributed by atoms with Crippen LogP contribution in [0.5, 0.6) is 0 Å². The smallest absolute Gasteiger partial charge is 0.301 e. The zero-order valence-electron chi connectivity index (χ0n) is 12.7. The van der Waals surface area contributed by atoms with Crippen molar-refractivity contribution < 1.29 is 9.21 Å². The molecule has 0 atom stereocenters. The molecule has 0 aliphatic heterocycles. The third-order valence-electron chi connectivity index (χ3n) is 2.90. The van der Waals surface area contributed by atoms with Crippen LogP contribution in [-0.2, 0) is 0 Å². The molecule has 2 heterocycles. The van der Waals surface area contributed by atoms with Gasteiger partial charge in [-0.1, -0.05) is 13.8 Å². The van der Waals surface area contributed by atoms with Crippen molar-refractivity contribution in [3.63, 3.8) is 0 Å². The van der Waals surface area contributed by atoms with Crippen molar-refractivity contribution in [2.24, 2.45) is 0 Å². The van der Waals surface area contributed by atoms with Crippen LogP contribution in [0, 0.1) is 6.92 Å². The summed E-state index contributed by atoms with van der Waals surface area (Å²) in [7, 11) is 0. The minimum Gasteiger partial charge on any atom is -0.432 e. The molecule has 0 radical (unpaired) electrons. The molecule has 112 valence electrons. The third-order valence-corrected chi connectivity index (χ3v) is 2.90. The van der Waals surface area contributed by atoms with Gasteiger partial charge in [0, 0.05) is 17.8 Å². The molecule has 2 aromatic heterocycles. The molecule has 1 amide bonds. The van der Waals surface area contributed by atoms with E-state index in [1.807, 2.05) is 20.8 Å². The molecule has 0 unspecified atom stereocenters. The summed E-state index contributed by atoms with van der Waals surface area (Å²) in [6.07, 6.45) is 1.49. The van der Waals surface area contributed by atoms with Gasteiger partial charge in [-0.25, -0.2) is 4.98 Å². The van der Waals surface area contributed by atoms with Gasteiger partial charge in [-0.15, -0.1) is 0 Å². The Morgan fingerprint density at radius 1 is 1.33 bits per heavy atom. The molecule has 0 aliphatic carbocycles. The van der Waals surface area contributed by atoms with Gasteiger partial charge in [0.1, 0.15) is 12.1 Å². The van der Waals surface area contributed by atoms with E-state index in [2.05, 4.69) is 20.6 Å². The first kappa shape index (κ1) is 15.0. The fourth-order valence-electron chi connectivity index (χ4n) is 1.83. The highest BCUT2D eigenvalue weighted by Gasteiger charge is 2.14. The van der Waals surface area contributed by atoms with Crippen LogP contribution in [-0.4, -0.2) is 22.4 Å². The average molecular weight is 288 g/mol. The first-order valence-corrected chi connectivity index (χ1v) is 6.99. The van der Waals surface area contributed by atoms with Crippen LogP contribution in [0.2, 0.25) is 0 Å². The van der Waals surface area contributed by atoms with E-state index in [0.717, 1.165) is 17.9 Å². The maximum atomic E-state index is 12.3. The Labute approximate surface area is 124 Å². The van der Waals surface area contributed by atoms with E-state index in [0.29, 0.717) is 11.4 Å². The standard InChI is InChI=1S/C15H20N4O2/c1-5-16-13-7-11(6-12(18-13)9(2)3)14(20)19-15-17-10(4)8-21-15/h6-9H,5H2,1-4H3,(H,16,18)(H,17,19,20). The number of nitrogens with zero attached hydrogens (tertiary/aromatic N) is 2. The van der Waals surface area contributed by atoms with Crippen molar-refractivity contribution in [2.45, 2.75) is 33.6 Å². The zero-order valence-corrected chi connectivity index (χ0v) is 12.7. The van der Waals surface area contributed by atoms with Gasteiger partial charge in [-0.2, -0.15) is 4.98 Å². The Kier molecular flexibility index (Phi) is 4.57. The number of carbonyl (C=O) groups is 1. The highest BCUT2D eigenvalue weighted by molar-refractivity contribution is 6.03. The predicted octanol–water partition coefficient (Wildman–Crippen LogP) is 3.19. The van der Waals surface area contributed by atoms with E-state index in [1.165, 1.54) is 6.26 Å². The number of oxazole rings is 1. The van der Waals surface area contributed by atoms with Crippen molar-refractivity contribution in [2.75, 3.05) is 17.2 Å². The number of hydrogen-bond acceptors (Lipinski definition) is 5. The molecule has 21 heavy (non-hydrogen) atoms. The van der Waals surface area contributed by atoms with Gasteiger partial charge < -0.3 is 9.73 Å². The zero-order chi connectivity index (χ0) is 15.4. The molecule has 2 aromatic rings. The van der Waals surface area contributed by atoms with E-state index < -0.39 is 0 Å². The largest absolute Gasteiger partial charge is 0.432 e. The van der Waals surface area contributed by atoms with Gasteiger partial charge in [0.05, 0.1) is 5.69 Å². The minimum atomic E-state index is -0.264. The number of pyridine rings is 1. The summed E-state index contributed by atoms with van der Waals surface area (Å²) in [5, 5.41) is 5.78. The lowest BCUT2D eigenvalue weighted by Gasteiger charge is -2.11. The topological polar surface area (TPSA) is 80.0 Å². The quantitative estimate of drug-likeness (QED) is 0.883. The van der Waals surface area contributed by atoms with Gasteiger partial charge >= 0.3 is 6.01 Å². The second kappa shape index (κ2) is 6.39. The van der Waals surface area contributed by atoms with E-state index in [1.54, 1.807) is 19.1 Å². The molecule has 0 aromatic carbocycles. The number of anilines is 2. The number of hydrogen-bond donors (Lipinski definition) is 2. The molecule has 0 fully saturated rings. The van der Waals surface area contributed by atoms with Crippen LogP contribution < -0.4 is 10.6 Å². The van der Waals surface area contributed by atoms with E-state index in [-0.39, 0.29) is 17.8 Å². The van der Waals surface area contributed by atoms with Gasteiger partial charge in [0.2, 0.25) is 0 Å². The minimum absolute atomic E-state index is 0.199. The first-order valence-electron chi connectivity index (χ1n) is 6.99. The Morgan fingerprint density at radius 2 is 2.10 bits per heavy atom. The van der Waals surface area contributed by atoms with Crippen molar-refractivity contribution >= 4 is 17.7 Å². The Hall–Kier alpha value is -2.37. The molecular formula is C15H20N4O2. The van der Waals surface area contributed by atoms with Gasteiger partial charge in [-0.05, 0) is 31.9 Å². The Morgan fingerprint density at radius 3 is 2.67 bits per heavy atom. The van der Waals surface area contributed by atoms with Crippen LogP contribution in [0.1, 0.15) is 48.4 Å². The fraction of sp³-hybridized carbons (Fsp3) is 0.400. The molecule has 0 saturated heterocycles. The third kappa shape index (κ3) is 3.81. The summed E-state index contributed by atoms with van der Waals surface area (Å²) in [6, 6.07) is 3.71. The highest BCUT2D eigenvalue weighted by atomic mass is 16.4. The average Bonchev–Trinajstić information content (AvgIpc) is 2.84. The summed E-state index contributed by atoms with van der Waals surface area (Å²) in [5.41, 5.74) is 2.11. The second-order valence-corrected chi connectivity index (χ2v) is 5.10. The van der Waals surface area contributed by atoms with Crippen molar-refractivity contribution in [3.8, 4) is 0 Å². The summed E-state index contributed by atoms with van der Waals surface area (Å²) >= 11 is 0. The van der Waals surface area contributed by atoms with Crippen molar-refractivity contribution in [3.05, 3.63) is 35.3 Å². The number of rotatable bonds is 5. The number of carbonyl (C=O) groups excluding carboxylic acids is 1. The molecule has 0 bridgehead atoms. The van der Waals surface area contributed by atoms with Crippen molar-refractivity contribution in [1.29, 1.82) is 0 Å². The number of aryl methyl sites for hydroxylation is 1. The van der Waals surface area contributed by atoms with E-state index in [9.17, 15) is 4.79 Å². The fourth-order valence-corrected chi connectivity index (χ4v) is 1.83. The summed E-state index contributed by atoms with van der Waals surface area (Å²) in [6.45, 7) is 8.60. The molecule has 6 heteroatoms. The van der Waals surface area contributed by atoms with Crippen LogP contribution in [0.3, 0.4) is 0 Å². The highest BCUT2D eigenvalue weighted by Crippen LogP contribution is 2.18. The lowest BCUT2D eigenvalue weighted by molar-refractivity contribution is 0.102. The molecule has 2 N–H and O–H groups in total. The van der Waals surface area contributed by atoms with Crippen LogP contribution in [0.25, 0.3) is 0 Å². The Balaban J connectivity index is 2.26. The van der Waals surface area contributed by atoms with Crippen LogP contribution in [0.4, 0.5) is 11.8 Å². The molecule has 6 nitrogen and oxygen atoms in total.